The Balaban J connectivity index is 0. The lowest BCUT2D eigenvalue weighted by Crippen LogP contribution is -2.00. The van der Waals surface area contributed by atoms with Crippen LogP contribution in [0.5, 0.6) is 0 Å². The van der Waals surface area contributed by atoms with Crippen molar-refractivity contribution < 1.29 is 0 Å². The molecule has 52 valence electrons. The molecule has 0 heterocycles. The Morgan fingerprint density at radius 3 is 1.50 bits per heavy atom. The van der Waals surface area contributed by atoms with E-state index in [4.69, 9.17) is 0 Å². The first-order valence-electron chi connectivity index (χ1n) is 3.18. The van der Waals surface area contributed by atoms with Gasteiger partial charge in [-0.2, -0.15) is 0 Å². The average molecular weight is 116 g/mol. The van der Waals surface area contributed by atoms with E-state index in [1.807, 2.05) is 0 Å². The molecule has 0 rings (SSSR count). The van der Waals surface area contributed by atoms with Crippen molar-refractivity contribution in [1.29, 1.82) is 0 Å². The normalized spacial score (nSPS) is 13.1. The van der Waals surface area contributed by atoms with Crippen molar-refractivity contribution in [1.82, 2.24) is 0 Å². The predicted molar refractivity (Wildman–Crippen MR) is 41.0 cm³/mol. The van der Waals surface area contributed by atoms with Gasteiger partial charge in [0.25, 0.3) is 0 Å². The van der Waals surface area contributed by atoms with Gasteiger partial charge in [-0.3, -0.25) is 0 Å². The summed E-state index contributed by atoms with van der Waals surface area (Å²) in [4.78, 5) is 0. The third-order valence-corrected chi connectivity index (χ3v) is 1.78. The summed E-state index contributed by atoms with van der Waals surface area (Å²) in [5.41, 5.74) is 0. The van der Waals surface area contributed by atoms with Crippen molar-refractivity contribution in [2.24, 2.45) is 11.8 Å². The third kappa shape index (κ3) is 4.17. The summed E-state index contributed by atoms with van der Waals surface area (Å²) in [7, 11) is 0. The summed E-state index contributed by atoms with van der Waals surface area (Å²) < 4.78 is 0. The van der Waals surface area contributed by atoms with Gasteiger partial charge in [-0.05, 0) is 11.8 Å². The van der Waals surface area contributed by atoms with Gasteiger partial charge in [-0.15, -0.1) is 0 Å². The van der Waals surface area contributed by atoms with E-state index < -0.39 is 0 Å². The van der Waals surface area contributed by atoms with Gasteiger partial charge in [0.05, 0.1) is 0 Å². The first-order chi connectivity index (χ1) is 3.18. The van der Waals surface area contributed by atoms with Crippen LogP contribution in [0.1, 0.15) is 41.5 Å². The molecule has 8 heavy (non-hydrogen) atoms. The smallest absolute Gasteiger partial charge is 0.0422 e. The fourth-order valence-corrected chi connectivity index (χ4v) is 0.471. The Morgan fingerprint density at radius 2 is 1.50 bits per heavy atom. The van der Waals surface area contributed by atoms with Crippen LogP contribution in [0.4, 0.5) is 0 Å². The van der Waals surface area contributed by atoms with E-state index >= 15 is 0 Å². The van der Waals surface area contributed by atoms with E-state index in [-0.39, 0.29) is 7.43 Å². The molecule has 0 amide bonds. The van der Waals surface area contributed by atoms with Crippen LogP contribution in [0, 0.1) is 11.8 Å². The summed E-state index contributed by atoms with van der Waals surface area (Å²) in [5.74, 6) is 1.77. The van der Waals surface area contributed by atoms with Gasteiger partial charge in [0.2, 0.25) is 0 Å². The van der Waals surface area contributed by atoms with Gasteiger partial charge in [0.15, 0.2) is 0 Å². The standard InChI is InChI=1S/C7H16.CH4/c1-5-7(4)6(2)3;/h6-7H,5H2,1-4H3;1H4/t7-;/m0./s1. The SMILES string of the molecule is C.CC[C@H](C)C(C)C. The van der Waals surface area contributed by atoms with E-state index in [9.17, 15) is 0 Å². The molecule has 0 saturated carbocycles. The minimum absolute atomic E-state index is 0. The van der Waals surface area contributed by atoms with Crippen LogP contribution in [0.25, 0.3) is 0 Å². The lowest BCUT2D eigenvalue weighted by Gasteiger charge is -2.10. The molecule has 0 aliphatic heterocycles. The fourth-order valence-electron chi connectivity index (χ4n) is 0.471. The number of rotatable bonds is 2. The van der Waals surface area contributed by atoms with Crippen molar-refractivity contribution >= 4 is 0 Å². The van der Waals surface area contributed by atoms with Crippen LogP contribution >= 0.6 is 0 Å². The summed E-state index contributed by atoms with van der Waals surface area (Å²) in [6, 6.07) is 0. The highest BCUT2D eigenvalue weighted by Gasteiger charge is 2.01. The van der Waals surface area contributed by atoms with Crippen molar-refractivity contribution in [3.63, 3.8) is 0 Å². The Hall–Kier alpha value is 0. The monoisotopic (exact) mass is 116 g/mol. The fraction of sp³-hybridized carbons (Fsp3) is 1.00. The average Bonchev–Trinajstić information content (AvgIpc) is 1.65. The molecule has 0 unspecified atom stereocenters. The van der Waals surface area contributed by atoms with Crippen LogP contribution in [0.2, 0.25) is 0 Å². The topological polar surface area (TPSA) is 0 Å². The van der Waals surface area contributed by atoms with Gasteiger partial charge in [0, 0.05) is 0 Å². The van der Waals surface area contributed by atoms with E-state index in [0.29, 0.717) is 0 Å². The zero-order valence-electron chi connectivity index (χ0n) is 5.86. The maximum atomic E-state index is 2.30. The number of hydrogen-bond donors (Lipinski definition) is 0. The molecule has 1 atom stereocenters. The zero-order valence-corrected chi connectivity index (χ0v) is 5.86. The molecule has 0 heteroatoms. The molecular formula is C8H20. The van der Waals surface area contributed by atoms with Gasteiger partial charge in [-0.25, -0.2) is 0 Å². The molecule has 0 nitrogen and oxygen atoms in total. The molecule has 0 aromatic carbocycles. The summed E-state index contributed by atoms with van der Waals surface area (Å²) in [5, 5.41) is 0. The second-order valence-electron chi connectivity index (χ2n) is 2.63. The Kier molecular flexibility index (Phi) is 7.00. The third-order valence-electron chi connectivity index (χ3n) is 1.78. The van der Waals surface area contributed by atoms with Crippen molar-refractivity contribution in [2.45, 2.75) is 41.5 Å². The highest BCUT2D eigenvalue weighted by molar-refractivity contribution is 4.52. The lowest BCUT2D eigenvalue weighted by molar-refractivity contribution is 0.407. The summed E-state index contributed by atoms with van der Waals surface area (Å²) >= 11 is 0. The highest BCUT2D eigenvalue weighted by atomic mass is 14.1. The molecule has 0 aromatic rings. The zero-order chi connectivity index (χ0) is 5.86. The van der Waals surface area contributed by atoms with Crippen LogP contribution < -0.4 is 0 Å². The van der Waals surface area contributed by atoms with E-state index in [2.05, 4.69) is 27.7 Å². The molecule has 0 spiro atoms. The minimum Gasteiger partial charge on any atom is -0.0776 e. The maximum absolute atomic E-state index is 2.30. The first kappa shape index (κ1) is 10.9. The Labute approximate surface area is 54.3 Å². The van der Waals surface area contributed by atoms with Gasteiger partial charge in [0.1, 0.15) is 0 Å². The first-order valence-corrected chi connectivity index (χ1v) is 3.18. The largest absolute Gasteiger partial charge is 0.0776 e. The second-order valence-corrected chi connectivity index (χ2v) is 2.63. The quantitative estimate of drug-likeness (QED) is 0.519. The Morgan fingerprint density at radius 1 is 1.12 bits per heavy atom. The molecule has 0 bridgehead atoms. The van der Waals surface area contributed by atoms with Gasteiger partial charge in [-0.1, -0.05) is 41.5 Å². The van der Waals surface area contributed by atoms with Crippen LogP contribution in [0.15, 0.2) is 0 Å². The molecule has 0 aliphatic rings. The minimum atomic E-state index is 0. The molecule has 0 aromatic heterocycles. The lowest BCUT2D eigenvalue weighted by atomic mass is 9.96. The van der Waals surface area contributed by atoms with Crippen LogP contribution in [-0.2, 0) is 0 Å². The highest BCUT2D eigenvalue weighted by Crippen LogP contribution is 2.11. The van der Waals surface area contributed by atoms with Gasteiger partial charge >= 0.3 is 0 Å². The molecule has 0 aliphatic carbocycles. The van der Waals surface area contributed by atoms with Crippen LogP contribution in [0.3, 0.4) is 0 Å². The molecule has 0 fully saturated rings. The Bertz CT molecular complexity index is 37.3. The number of hydrogen-bond acceptors (Lipinski definition) is 0. The predicted octanol–water partition coefficient (Wildman–Crippen LogP) is 3.32. The van der Waals surface area contributed by atoms with Crippen LogP contribution in [-0.4, -0.2) is 0 Å². The summed E-state index contributed by atoms with van der Waals surface area (Å²) in [6.45, 7) is 9.08. The maximum Gasteiger partial charge on any atom is -0.0422 e. The summed E-state index contributed by atoms with van der Waals surface area (Å²) in [6.07, 6.45) is 1.32. The van der Waals surface area contributed by atoms with E-state index in [1.165, 1.54) is 6.42 Å². The van der Waals surface area contributed by atoms with Crippen molar-refractivity contribution in [3.8, 4) is 0 Å². The molecule has 0 N–H and O–H groups in total. The van der Waals surface area contributed by atoms with Gasteiger partial charge < -0.3 is 0 Å². The van der Waals surface area contributed by atoms with Crippen molar-refractivity contribution in [3.05, 3.63) is 0 Å². The van der Waals surface area contributed by atoms with Crippen molar-refractivity contribution in [2.75, 3.05) is 0 Å². The molecule has 0 radical (unpaired) electrons. The second kappa shape index (κ2) is 5.14. The van der Waals surface area contributed by atoms with E-state index in [0.717, 1.165) is 11.8 Å². The van der Waals surface area contributed by atoms with E-state index in [1.54, 1.807) is 0 Å². The molecule has 0 saturated heterocycles. The molecular weight excluding hydrogens is 96.1 g/mol.